The third-order valence-corrected chi connectivity index (χ3v) is 5.99. The van der Waals surface area contributed by atoms with Crippen LogP contribution in [0.1, 0.15) is 49.2 Å². The normalized spacial score (nSPS) is 11.2. The Labute approximate surface area is 209 Å². The van der Waals surface area contributed by atoms with Gasteiger partial charge in [-0.1, -0.05) is 73.8 Å². The molecule has 0 heterocycles. The van der Waals surface area contributed by atoms with E-state index in [9.17, 15) is 4.79 Å². The molecule has 0 atom stereocenters. The molecule has 0 aliphatic rings. The highest BCUT2D eigenvalue weighted by Gasteiger charge is 2.19. The Morgan fingerprint density at radius 3 is 2.27 bits per heavy atom. The summed E-state index contributed by atoms with van der Waals surface area (Å²) in [5.74, 6) is 1.12. The Morgan fingerprint density at radius 1 is 0.879 bits per heavy atom. The summed E-state index contributed by atoms with van der Waals surface area (Å²) in [6.07, 6.45) is 0. The summed E-state index contributed by atoms with van der Waals surface area (Å²) in [5.41, 5.74) is 2.60. The number of anilines is 1. The molecule has 4 nitrogen and oxygen atoms in total. The monoisotopic (exact) mass is 505 g/mol. The van der Waals surface area contributed by atoms with Crippen molar-refractivity contribution < 1.29 is 14.3 Å². The molecule has 3 aromatic rings. The van der Waals surface area contributed by atoms with Crippen LogP contribution in [0, 0.1) is 0 Å². The highest BCUT2D eigenvalue weighted by Crippen LogP contribution is 2.34. The summed E-state index contributed by atoms with van der Waals surface area (Å²) in [6.45, 7) is 9.07. The van der Waals surface area contributed by atoms with E-state index in [1.165, 1.54) is 12.1 Å². The number of halogens is 3. The summed E-state index contributed by atoms with van der Waals surface area (Å²) < 4.78 is 11.9. The molecule has 0 aromatic heterocycles. The molecule has 3 aromatic carbocycles. The van der Waals surface area contributed by atoms with Crippen LogP contribution in [0.5, 0.6) is 11.5 Å². The number of para-hydroxylation sites is 1. The van der Waals surface area contributed by atoms with Gasteiger partial charge in [0.1, 0.15) is 18.1 Å². The number of carbonyl (C=O) groups is 1. The predicted molar refractivity (Wildman–Crippen MR) is 137 cm³/mol. The fourth-order valence-corrected chi connectivity index (χ4v) is 3.90. The molecule has 0 bridgehead atoms. The van der Waals surface area contributed by atoms with E-state index in [2.05, 4.69) is 32.2 Å². The molecule has 0 saturated heterocycles. The second-order valence-corrected chi connectivity index (χ2v) is 9.71. The molecule has 3 rings (SSSR count). The summed E-state index contributed by atoms with van der Waals surface area (Å²) in [5, 5.41) is 3.69. The first-order valence-electron chi connectivity index (χ1n) is 10.5. The van der Waals surface area contributed by atoms with E-state index in [1.807, 2.05) is 25.1 Å². The molecule has 0 unspecified atom stereocenters. The maximum atomic E-state index is 12.9. The van der Waals surface area contributed by atoms with Gasteiger partial charge in [-0.05, 0) is 54.3 Å². The number of ether oxygens (including phenoxy) is 2. The molecule has 0 spiro atoms. The van der Waals surface area contributed by atoms with Crippen LogP contribution in [0.4, 0.5) is 5.69 Å². The quantitative estimate of drug-likeness (QED) is 0.329. The molecule has 0 saturated carbocycles. The predicted octanol–water partition coefficient (Wildman–Crippen LogP) is 8.17. The Bertz CT molecular complexity index is 1160. The number of nitrogens with one attached hydrogen (secondary N) is 1. The molecule has 0 aliphatic heterocycles. The number of amides is 1. The maximum Gasteiger partial charge on any atom is 0.255 e. The molecule has 174 valence electrons. The van der Waals surface area contributed by atoms with Crippen LogP contribution in [0.25, 0.3) is 0 Å². The van der Waals surface area contributed by atoms with Gasteiger partial charge in [-0.3, -0.25) is 4.79 Å². The van der Waals surface area contributed by atoms with Gasteiger partial charge in [-0.25, -0.2) is 0 Å². The van der Waals surface area contributed by atoms with Gasteiger partial charge in [0.15, 0.2) is 0 Å². The summed E-state index contributed by atoms with van der Waals surface area (Å²) in [4.78, 5) is 12.9. The van der Waals surface area contributed by atoms with Crippen LogP contribution in [-0.2, 0) is 12.0 Å². The third kappa shape index (κ3) is 6.35. The number of rotatable bonds is 7. The SMILES string of the molecule is CCOc1ccc(C(=O)Nc2cc(Cl)c(Cl)cc2Cl)cc1COc1ccccc1C(C)(C)C. The lowest BCUT2D eigenvalue weighted by molar-refractivity contribution is 0.102. The molecule has 0 radical (unpaired) electrons. The Morgan fingerprint density at radius 2 is 1.58 bits per heavy atom. The van der Waals surface area contributed by atoms with Gasteiger partial charge >= 0.3 is 0 Å². The molecule has 7 heteroatoms. The summed E-state index contributed by atoms with van der Waals surface area (Å²) in [6, 6.07) is 16.2. The minimum absolute atomic E-state index is 0.0692. The molecule has 33 heavy (non-hydrogen) atoms. The Hall–Kier alpha value is -2.40. The van der Waals surface area contributed by atoms with Gasteiger partial charge in [0, 0.05) is 11.1 Å². The van der Waals surface area contributed by atoms with Crippen molar-refractivity contribution in [3.8, 4) is 11.5 Å². The minimum atomic E-state index is -0.338. The minimum Gasteiger partial charge on any atom is -0.493 e. The fourth-order valence-electron chi connectivity index (χ4n) is 3.31. The van der Waals surface area contributed by atoms with Crippen LogP contribution in [0.15, 0.2) is 54.6 Å². The van der Waals surface area contributed by atoms with Crippen molar-refractivity contribution in [3.63, 3.8) is 0 Å². The maximum absolute atomic E-state index is 12.9. The zero-order chi connectivity index (χ0) is 24.2. The van der Waals surface area contributed by atoms with Crippen molar-refractivity contribution in [1.82, 2.24) is 0 Å². The third-order valence-electron chi connectivity index (χ3n) is 4.96. The smallest absolute Gasteiger partial charge is 0.255 e. The van der Waals surface area contributed by atoms with Gasteiger partial charge in [0.25, 0.3) is 5.91 Å². The van der Waals surface area contributed by atoms with Crippen molar-refractivity contribution >= 4 is 46.4 Å². The van der Waals surface area contributed by atoms with E-state index < -0.39 is 0 Å². The van der Waals surface area contributed by atoms with Crippen molar-refractivity contribution in [2.45, 2.75) is 39.7 Å². The van der Waals surface area contributed by atoms with Crippen LogP contribution in [0.3, 0.4) is 0 Å². The molecule has 1 amide bonds. The highest BCUT2D eigenvalue weighted by molar-refractivity contribution is 6.44. The lowest BCUT2D eigenvalue weighted by Gasteiger charge is -2.23. The van der Waals surface area contributed by atoms with E-state index >= 15 is 0 Å². The molecule has 0 aliphatic carbocycles. The lowest BCUT2D eigenvalue weighted by Crippen LogP contribution is -2.15. The van der Waals surface area contributed by atoms with Gasteiger partial charge < -0.3 is 14.8 Å². The average molecular weight is 507 g/mol. The number of carbonyl (C=O) groups excluding carboxylic acids is 1. The van der Waals surface area contributed by atoms with Crippen LogP contribution in [-0.4, -0.2) is 12.5 Å². The van der Waals surface area contributed by atoms with Crippen molar-refractivity contribution in [2.75, 3.05) is 11.9 Å². The Kier molecular flexibility index (Phi) is 8.17. The zero-order valence-electron chi connectivity index (χ0n) is 19.0. The van der Waals surface area contributed by atoms with Crippen LogP contribution in [0.2, 0.25) is 15.1 Å². The fraction of sp³-hybridized carbons (Fsp3) is 0.269. The Balaban J connectivity index is 1.86. The van der Waals surface area contributed by atoms with E-state index in [4.69, 9.17) is 44.3 Å². The zero-order valence-corrected chi connectivity index (χ0v) is 21.2. The first-order chi connectivity index (χ1) is 15.6. The number of hydrogen-bond acceptors (Lipinski definition) is 3. The number of benzene rings is 3. The lowest BCUT2D eigenvalue weighted by atomic mass is 9.86. The van der Waals surface area contributed by atoms with E-state index in [0.717, 1.165) is 16.9 Å². The second kappa shape index (κ2) is 10.7. The molecular weight excluding hydrogens is 481 g/mol. The van der Waals surface area contributed by atoms with Gasteiger partial charge in [-0.15, -0.1) is 0 Å². The van der Waals surface area contributed by atoms with Crippen LogP contribution < -0.4 is 14.8 Å². The number of hydrogen-bond donors (Lipinski definition) is 1. The van der Waals surface area contributed by atoms with Gasteiger partial charge in [0.2, 0.25) is 0 Å². The molecule has 0 fully saturated rings. The van der Waals surface area contributed by atoms with E-state index in [1.54, 1.807) is 18.2 Å². The highest BCUT2D eigenvalue weighted by atomic mass is 35.5. The average Bonchev–Trinajstić information content (AvgIpc) is 2.76. The second-order valence-electron chi connectivity index (χ2n) is 8.49. The van der Waals surface area contributed by atoms with Crippen molar-refractivity contribution in [1.29, 1.82) is 0 Å². The van der Waals surface area contributed by atoms with E-state index in [0.29, 0.717) is 38.7 Å². The van der Waals surface area contributed by atoms with Gasteiger partial charge in [-0.2, -0.15) is 0 Å². The first-order valence-corrected chi connectivity index (χ1v) is 11.7. The largest absolute Gasteiger partial charge is 0.493 e. The van der Waals surface area contributed by atoms with E-state index in [-0.39, 0.29) is 17.9 Å². The van der Waals surface area contributed by atoms with Gasteiger partial charge in [0.05, 0.1) is 27.4 Å². The standard InChI is InChI=1S/C26H26Cl3NO3/c1-5-32-23-11-10-16(25(31)30-22-14-20(28)19(27)13-21(22)29)12-17(23)15-33-24-9-7-6-8-18(24)26(2,3)4/h6-14H,5,15H2,1-4H3,(H,30,31). The molecule has 1 N–H and O–H groups in total. The summed E-state index contributed by atoms with van der Waals surface area (Å²) >= 11 is 18.2. The topological polar surface area (TPSA) is 47.6 Å². The van der Waals surface area contributed by atoms with Crippen molar-refractivity contribution in [2.24, 2.45) is 0 Å². The van der Waals surface area contributed by atoms with Crippen molar-refractivity contribution in [3.05, 3.63) is 86.4 Å². The van der Waals surface area contributed by atoms with Crippen LogP contribution >= 0.6 is 34.8 Å². The first kappa shape index (κ1) is 25.2. The summed E-state index contributed by atoms with van der Waals surface area (Å²) in [7, 11) is 0. The molecular formula is C26H26Cl3NO3.